The first-order chi connectivity index (χ1) is 26.2. The maximum absolute atomic E-state index is 5.31. The molecule has 0 fully saturated rings. The Bertz CT molecular complexity index is 2920. The SMILES string of the molecule is C=C1/C=C\C=C/Cc2c(sc3ccccc23)-c2c1c1ccccc1n2-c1nc(-c2ccccc2)nc(-c2ccc(-c3cccc4ccccc34)cc2)n1. The Labute approximate surface area is 311 Å². The minimum Gasteiger partial charge on any atom is -0.276 e. The van der Waals surface area contributed by atoms with Crippen molar-refractivity contribution < 1.29 is 0 Å². The summed E-state index contributed by atoms with van der Waals surface area (Å²) in [7, 11) is 0. The van der Waals surface area contributed by atoms with E-state index in [-0.39, 0.29) is 0 Å². The van der Waals surface area contributed by atoms with Crippen LogP contribution in [0.1, 0.15) is 11.1 Å². The summed E-state index contributed by atoms with van der Waals surface area (Å²) in [5, 5.41) is 4.82. The minimum atomic E-state index is 0.567. The van der Waals surface area contributed by atoms with Crippen LogP contribution in [0, 0.1) is 0 Å². The Morgan fingerprint density at radius 3 is 2.06 bits per heavy atom. The summed E-state index contributed by atoms with van der Waals surface area (Å²) in [6, 6.07) is 51.0. The third-order valence-electron chi connectivity index (χ3n) is 10.1. The lowest BCUT2D eigenvalue weighted by molar-refractivity contribution is 0.938. The molecule has 0 N–H and O–H groups in total. The fraction of sp³-hybridized carbons (Fsp3) is 0.0208. The molecule has 250 valence electrons. The minimum absolute atomic E-state index is 0.567. The van der Waals surface area contributed by atoms with Gasteiger partial charge >= 0.3 is 0 Å². The van der Waals surface area contributed by atoms with E-state index in [1.54, 1.807) is 0 Å². The van der Waals surface area contributed by atoms with Gasteiger partial charge in [-0.1, -0.05) is 164 Å². The van der Waals surface area contributed by atoms with Crippen molar-refractivity contribution in [3.8, 4) is 50.4 Å². The van der Waals surface area contributed by atoms with Crippen LogP contribution in [0.5, 0.6) is 0 Å². The van der Waals surface area contributed by atoms with Gasteiger partial charge in [-0.15, -0.1) is 11.3 Å². The summed E-state index contributed by atoms with van der Waals surface area (Å²) in [6.45, 7) is 4.61. The third-order valence-corrected chi connectivity index (χ3v) is 11.3. The van der Waals surface area contributed by atoms with Crippen molar-refractivity contribution in [2.75, 3.05) is 0 Å². The smallest absolute Gasteiger partial charge is 0.238 e. The van der Waals surface area contributed by atoms with Gasteiger partial charge in [-0.05, 0) is 57.0 Å². The van der Waals surface area contributed by atoms with Crippen LogP contribution in [0.2, 0.25) is 0 Å². The lowest BCUT2D eigenvalue weighted by atomic mass is 9.97. The molecule has 0 aliphatic heterocycles. The van der Waals surface area contributed by atoms with Gasteiger partial charge in [0.25, 0.3) is 0 Å². The molecule has 0 amide bonds. The second kappa shape index (κ2) is 12.8. The van der Waals surface area contributed by atoms with Gasteiger partial charge in [0.15, 0.2) is 11.6 Å². The highest BCUT2D eigenvalue weighted by molar-refractivity contribution is 7.22. The third kappa shape index (κ3) is 5.33. The summed E-state index contributed by atoms with van der Waals surface area (Å²) >= 11 is 1.82. The number of nitrogens with zero attached hydrogens (tertiary/aromatic N) is 4. The van der Waals surface area contributed by atoms with Gasteiger partial charge in [0.05, 0.1) is 16.1 Å². The first kappa shape index (κ1) is 31.1. The van der Waals surface area contributed by atoms with Crippen molar-refractivity contribution in [3.05, 3.63) is 188 Å². The van der Waals surface area contributed by atoms with Crippen molar-refractivity contribution in [1.82, 2.24) is 19.5 Å². The largest absolute Gasteiger partial charge is 0.276 e. The first-order valence-electron chi connectivity index (χ1n) is 17.8. The zero-order chi connectivity index (χ0) is 35.3. The van der Waals surface area contributed by atoms with E-state index in [2.05, 4.69) is 163 Å². The highest BCUT2D eigenvalue weighted by atomic mass is 32.1. The maximum atomic E-state index is 5.31. The lowest BCUT2D eigenvalue weighted by Crippen LogP contribution is -2.08. The summed E-state index contributed by atoms with van der Waals surface area (Å²) in [6.07, 6.45) is 9.36. The van der Waals surface area contributed by atoms with Crippen LogP contribution < -0.4 is 0 Å². The number of hydrogen-bond donors (Lipinski definition) is 0. The van der Waals surface area contributed by atoms with E-state index < -0.39 is 0 Å². The van der Waals surface area contributed by atoms with Crippen molar-refractivity contribution >= 4 is 48.7 Å². The molecule has 5 heteroatoms. The van der Waals surface area contributed by atoms with E-state index in [1.807, 2.05) is 29.5 Å². The van der Waals surface area contributed by atoms with Crippen molar-refractivity contribution in [3.63, 3.8) is 0 Å². The molecule has 0 bridgehead atoms. The highest BCUT2D eigenvalue weighted by Gasteiger charge is 2.27. The normalized spacial score (nSPS) is 13.9. The number of allylic oxidation sites excluding steroid dienone is 5. The van der Waals surface area contributed by atoms with Gasteiger partial charge in [0.2, 0.25) is 5.95 Å². The van der Waals surface area contributed by atoms with E-state index in [0.717, 1.165) is 50.8 Å². The molecule has 3 heterocycles. The zero-order valence-corrected chi connectivity index (χ0v) is 29.6. The number of aromatic nitrogens is 4. The van der Waals surface area contributed by atoms with Crippen LogP contribution in [-0.4, -0.2) is 19.5 Å². The Hall–Kier alpha value is -6.69. The summed E-state index contributed by atoms with van der Waals surface area (Å²) in [5.74, 6) is 1.80. The molecule has 10 rings (SSSR count). The predicted octanol–water partition coefficient (Wildman–Crippen LogP) is 12.5. The fourth-order valence-electron chi connectivity index (χ4n) is 7.59. The molecule has 1 aliphatic carbocycles. The molecule has 4 nitrogen and oxygen atoms in total. The number of hydrogen-bond acceptors (Lipinski definition) is 4. The van der Waals surface area contributed by atoms with E-state index >= 15 is 0 Å². The van der Waals surface area contributed by atoms with Crippen molar-refractivity contribution in [2.45, 2.75) is 6.42 Å². The molecule has 0 unspecified atom stereocenters. The van der Waals surface area contributed by atoms with Gasteiger partial charge < -0.3 is 0 Å². The molecule has 53 heavy (non-hydrogen) atoms. The molecule has 0 saturated carbocycles. The second-order valence-electron chi connectivity index (χ2n) is 13.3. The van der Waals surface area contributed by atoms with Crippen LogP contribution in [-0.2, 0) is 6.42 Å². The molecule has 0 saturated heterocycles. The van der Waals surface area contributed by atoms with Gasteiger partial charge in [0.1, 0.15) is 0 Å². The van der Waals surface area contributed by atoms with Crippen LogP contribution >= 0.6 is 11.3 Å². The van der Waals surface area contributed by atoms with Crippen LogP contribution in [0.3, 0.4) is 0 Å². The van der Waals surface area contributed by atoms with Gasteiger partial charge in [-0.2, -0.15) is 9.97 Å². The molecule has 6 aromatic carbocycles. The molecule has 9 aromatic rings. The Balaban J connectivity index is 1.23. The summed E-state index contributed by atoms with van der Waals surface area (Å²) < 4.78 is 3.49. The number of fused-ring (bicyclic) bond motifs is 8. The van der Waals surface area contributed by atoms with Crippen LogP contribution in [0.4, 0.5) is 0 Å². The summed E-state index contributed by atoms with van der Waals surface area (Å²) in [5.41, 5.74) is 9.57. The van der Waals surface area contributed by atoms with Crippen LogP contribution in [0.15, 0.2) is 176 Å². The van der Waals surface area contributed by atoms with Crippen molar-refractivity contribution in [1.29, 1.82) is 0 Å². The number of para-hydroxylation sites is 1. The topological polar surface area (TPSA) is 43.6 Å². The monoisotopic (exact) mass is 696 g/mol. The molecule has 1 aliphatic rings. The summed E-state index contributed by atoms with van der Waals surface area (Å²) in [4.78, 5) is 16.9. The Kier molecular flexibility index (Phi) is 7.52. The molecule has 0 radical (unpaired) electrons. The van der Waals surface area contributed by atoms with Crippen molar-refractivity contribution in [2.24, 2.45) is 0 Å². The average Bonchev–Trinajstić information content (AvgIpc) is 3.76. The fourth-order valence-corrected chi connectivity index (χ4v) is 8.86. The standard InChI is InChI=1S/C48H32N4S/c1-31-15-4-2-7-22-39-38-21-11-13-26-42(38)53-45(39)44-43(31)40-23-10-12-25-41(40)52(44)48-50-46(34-17-5-3-6-18-34)49-47(51-48)35-29-27-33(28-30-35)37-24-14-19-32-16-8-9-20-36(32)37/h2-21,23-30H,1,22H2/b7-2-,15-4-. The number of thiophene rings is 1. The highest BCUT2D eigenvalue weighted by Crippen LogP contribution is 2.47. The van der Waals surface area contributed by atoms with E-state index in [1.165, 1.54) is 36.9 Å². The molecule has 0 spiro atoms. The lowest BCUT2D eigenvalue weighted by Gasteiger charge is -2.15. The second-order valence-corrected chi connectivity index (χ2v) is 14.3. The zero-order valence-electron chi connectivity index (χ0n) is 28.8. The van der Waals surface area contributed by atoms with E-state index in [4.69, 9.17) is 15.0 Å². The Morgan fingerprint density at radius 1 is 0.566 bits per heavy atom. The molecular formula is C48H32N4S. The van der Waals surface area contributed by atoms with E-state index in [9.17, 15) is 0 Å². The number of benzene rings is 6. The number of rotatable bonds is 4. The van der Waals surface area contributed by atoms with Gasteiger partial charge in [0, 0.05) is 26.8 Å². The maximum Gasteiger partial charge on any atom is 0.238 e. The average molecular weight is 697 g/mol. The van der Waals surface area contributed by atoms with Gasteiger partial charge in [-0.3, -0.25) is 4.57 Å². The van der Waals surface area contributed by atoms with E-state index in [0.29, 0.717) is 17.6 Å². The molecular weight excluding hydrogens is 665 g/mol. The molecule has 3 aromatic heterocycles. The molecule has 0 atom stereocenters. The van der Waals surface area contributed by atoms with Crippen LogP contribution in [0.25, 0.3) is 87.8 Å². The Morgan fingerprint density at radius 2 is 1.23 bits per heavy atom. The first-order valence-corrected chi connectivity index (χ1v) is 18.6. The predicted molar refractivity (Wildman–Crippen MR) is 222 cm³/mol. The quantitative estimate of drug-likeness (QED) is 0.184. The van der Waals surface area contributed by atoms with Gasteiger partial charge in [-0.25, -0.2) is 4.98 Å².